The summed E-state index contributed by atoms with van der Waals surface area (Å²) in [6.45, 7) is 2.05. The molecule has 0 saturated carbocycles. The first-order chi connectivity index (χ1) is 10.5. The lowest BCUT2D eigenvalue weighted by atomic mass is 10.2. The maximum absolute atomic E-state index is 11.7. The second-order valence-electron chi connectivity index (χ2n) is 4.79. The predicted octanol–water partition coefficient (Wildman–Crippen LogP) is 1.61. The molecule has 6 nitrogen and oxygen atoms in total. The van der Waals surface area contributed by atoms with Crippen molar-refractivity contribution in [1.29, 1.82) is 0 Å². The number of hydrogen-bond donors (Lipinski definition) is 2. The van der Waals surface area contributed by atoms with Crippen molar-refractivity contribution in [2.75, 3.05) is 6.54 Å². The molecule has 2 N–H and O–H groups in total. The van der Waals surface area contributed by atoms with Crippen molar-refractivity contribution in [3.05, 3.63) is 52.4 Å². The quantitative estimate of drug-likeness (QED) is 0.846. The van der Waals surface area contributed by atoms with Crippen LogP contribution >= 0.6 is 11.6 Å². The second kappa shape index (κ2) is 7.61. The van der Waals surface area contributed by atoms with Crippen LogP contribution in [0.1, 0.15) is 17.0 Å². The van der Waals surface area contributed by atoms with Crippen LogP contribution in [0.15, 0.2) is 34.9 Å². The molecule has 1 aromatic carbocycles. The summed E-state index contributed by atoms with van der Waals surface area (Å²) in [5.41, 5.74) is 1.47. The van der Waals surface area contributed by atoms with E-state index in [0.29, 0.717) is 23.0 Å². The standard InChI is InChI=1S/C15H16ClN3O3/c1-10-6-13(19-22-10)7-14(20)18-9-15(21)17-8-11-2-4-12(16)5-3-11/h2-6H,7-9H2,1H3,(H,17,21)(H,18,20). The number of nitrogens with zero attached hydrogens (tertiary/aromatic N) is 1. The third kappa shape index (κ3) is 5.21. The molecule has 1 aromatic heterocycles. The molecule has 0 aliphatic heterocycles. The van der Waals surface area contributed by atoms with Crippen molar-refractivity contribution in [3.63, 3.8) is 0 Å². The van der Waals surface area contributed by atoms with Gasteiger partial charge in [-0.3, -0.25) is 9.59 Å². The molecule has 0 saturated heterocycles. The maximum Gasteiger partial charge on any atom is 0.239 e. The van der Waals surface area contributed by atoms with E-state index >= 15 is 0 Å². The van der Waals surface area contributed by atoms with E-state index in [9.17, 15) is 9.59 Å². The lowest BCUT2D eigenvalue weighted by Crippen LogP contribution is -2.37. The van der Waals surface area contributed by atoms with Gasteiger partial charge in [0.15, 0.2) is 0 Å². The lowest BCUT2D eigenvalue weighted by Gasteiger charge is -2.06. The van der Waals surface area contributed by atoms with Gasteiger partial charge in [-0.1, -0.05) is 28.9 Å². The van der Waals surface area contributed by atoms with E-state index in [1.807, 2.05) is 12.1 Å². The van der Waals surface area contributed by atoms with Crippen LogP contribution in [0.4, 0.5) is 0 Å². The van der Waals surface area contributed by atoms with E-state index < -0.39 is 0 Å². The Labute approximate surface area is 132 Å². The molecule has 2 aromatic rings. The number of nitrogens with one attached hydrogen (secondary N) is 2. The normalized spacial score (nSPS) is 10.3. The Morgan fingerprint density at radius 1 is 1.18 bits per heavy atom. The van der Waals surface area contributed by atoms with Crippen molar-refractivity contribution in [3.8, 4) is 0 Å². The minimum absolute atomic E-state index is 0.0801. The van der Waals surface area contributed by atoms with Gasteiger partial charge in [0, 0.05) is 17.6 Å². The van der Waals surface area contributed by atoms with Gasteiger partial charge in [0.25, 0.3) is 0 Å². The fraction of sp³-hybridized carbons (Fsp3) is 0.267. The molecule has 22 heavy (non-hydrogen) atoms. The molecule has 0 bridgehead atoms. The van der Waals surface area contributed by atoms with E-state index in [-0.39, 0.29) is 24.8 Å². The average molecular weight is 322 g/mol. The SMILES string of the molecule is Cc1cc(CC(=O)NCC(=O)NCc2ccc(Cl)cc2)no1. The van der Waals surface area contributed by atoms with E-state index in [4.69, 9.17) is 16.1 Å². The van der Waals surface area contributed by atoms with Gasteiger partial charge in [0.2, 0.25) is 11.8 Å². The summed E-state index contributed by atoms with van der Waals surface area (Å²) in [4.78, 5) is 23.3. The van der Waals surface area contributed by atoms with E-state index in [1.165, 1.54) is 0 Å². The van der Waals surface area contributed by atoms with Gasteiger partial charge >= 0.3 is 0 Å². The number of amides is 2. The lowest BCUT2D eigenvalue weighted by molar-refractivity contribution is -0.125. The third-order valence-corrected chi connectivity index (χ3v) is 3.12. The number of benzene rings is 1. The van der Waals surface area contributed by atoms with Gasteiger partial charge in [0.05, 0.1) is 18.7 Å². The van der Waals surface area contributed by atoms with Crippen LogP contribution in [0.25, 0.3) is 0 Å². The van der Waals surface area contributed by atoms with Gasteiger partial charge in [-0.05, 0) is 24.6 Å². The fourth-order valence-electron chi connectivity index (χ4n) is 1.77. The fourth-order valence-corrected chi connectivity index (χ4v) is 1.90. The average Bonchev–Trinajstić information content (AvgIpc) is 2.89. The summed E-state index contributed by atoms with van der Waals surface area (Å²) in [7, 11) is 0. The first kappa shape index (κ1) is 16.0. The number of carbonyl (C=O) groups excluding carboxylic acids is 2. The highest BCUT2D eigenvalue weighted by atomic mass is 35.5. The third-order valence-electron chi connectivity index (χ3n) is 2.87. The van der Waals surface area contributed by atoms with Crippen LogP contribution < -0.4 is 10.6 Å². The largest absolute Gasteiger partial charge is 0.361 e. The number of halogens is 1. The predicted molar refractivity (Wildman–Crippen MR) is 81.3 cm³/mol. The van der Waals surface area contributed by atoms with Crippen molar-refractivity contribution < 1.29 is 14.1 Å². The molecule has 7 heteroatoms. The molecular weight excluding hydrogens is 306 g/mol. The first-order valence-corrected chi connectivity index (χ1v) is 7.11. The number of rotatable bonds is 6. The Bertz CT molecular complexity index is 652. The molecule has 0 spiro atoms. The topological polar surface area (TPSA) is 84.2 Å². The number of aryl methyl sites for hydroxylation is 1. The van der Waals surface area contributed by atoms with Crippen LogP contribution in [0.5, 0.6) is 0 Å². The van der Waals surface area contributed by atoms with Gasteiger partial charge in [-0.25, -0.2) is 0 Å². The van der Waals surface area contributed by atoms with Crippen molar-refractivity contribution >= 4 is 23.4 Å². The van der Waals surface area contributed by atoms with Crippen LogP contribution in [0.3, 0.4) is 0 Å². The van der Waals surface area contributed by atoms with Crippen LogP contribution in [0, 0.1) is 6.92 Å². The minimum atomic E-state index is -0.282. The Morgan fingerprint density at radius 2 is 1.91 bits per heavy atom. The van der Waals surface area contributed by atoms with Crippen LogP contribution in [-0.4, -0.2) is 23.5 Å². The molecule has 2 rings (SSSR count). The molecule has 1 heterocycles. The maximum atomic E-state index is 11.7. The Morgan fingerprint density at radius 3 is 2.55 bits per heavy atom. The molecule has 0 radical (unpaired) electrons. The van der Waals surface area contributed by atoms with Crippen molar-refractivity contribution in [2.24, 2.45) is 0 Å². The van der Waals surface area contributed by atoms with Crippen molar-refractivity contribution in [1.82, 2.24) is 15.8 Å². The van der Waals surface area contributed by atoms with Crippen LogP contribution in [-0.2, 0) is 22.6 Å². The first-order valence-electron chi connectivity index (χ1n) is 6.73. The summed E-state index contributed by atoms with van der Waals surface area (Å²) in [5, 5.41) is 9.61. The monoisotopic (exact) mass is 321 g/mol. The van der Waals surface area contributed by atoms with Crippen LogP contribution in [0.2, 0.25) is 5.02 Å². The van der Waals surface area contributed by atoms with E-state index in [2.05, 4.69) is 15.8 Å². The summed E-state index contributed by atoms with van der Waals surface area (Å²) in [5.74, 6) is 0.0954. The molecule has 0 aliphatic rings. The van der Waals surface area contributed by atoms with E-state index in [0.717, 1.165) is 5.56 Å². The smallest absolute Gasteiger partial charge is 0.239 e. The minimum Gasteiger partial charge on any atom is -0.361 e. The Kier molecular flexibility index (Phi) is 5.55. The summed E-state index contributed by atoms with van der Waals surface area (Å²) < 4.78 is 4.87. The van der Waals surface area contributed by atoms with Crippen molar-refractivity contribution in [2.45, 2.75) is 19.9 Å². The van der Waals surface area contributed by atoms with Gasteiger partial charge in [0.1, 0.15) is 5.76 Å². The Balaban J connectivity index is 1.68. The number of aromatic nitrogens is 1. The number of hydrogen-bond acceptors (Lipinski definition) is 4. The molecule has 116 valence electrons. The highest BCUT2D eigenvalue weighted by molar-refractivity contribution is 6.30. The van der Waals surface area contributed by atoms with Gasteiger partial charge < -0.3 is 15.2 Å². The molecular formula is C15H16ClN3O3. The summed E-state index contributed by atoms with van der Waals surface area (Å²) in [6, 6.07) is 8.85. The van der Waals surface area contributed by atoms with E-state index in [1.54, 1.807) is 25.1 Å². The summed E-state index contributed by atoms with van der Waals surface area (Å²) in [6.07, 6.45) is 0.0851. The highest BCUT2D eigenvalue weighted by Crippen LogP contribution is 2.09. The molecule has 0 unspecified atom stereocenters. The highest BCUT2D eigenvalue weighted by Gasteiger charge is 2.09. The molecule has 0 atom stereocenters. The zero-order chi connectivity index (χ0) is 15.9. The van der Waals surface area contributed by atoms with Gasteiger partial charge in [-0.2, -0.15) is 0 Å². The Hall–Kier alpha value is -2.34. The second-order valence-corrected chi connectivity index (χ2v) is 5.22. The molecule has 0 fully saturated rings. The number of carbonyl (C=O) groups is 2. The zero-order valence-electron chi connectivity index (χ0n) is 12.1. The zero-order valence-corrected chi connectivity index (χ0v) is 12.8. The molecule has 2 amide bonds. The van der Waals surface area contributed by atoms with Gasteiger partial charge in [-0.15, -0.1) is 0 Å². The molecule has 0 aliphatic carbocycles. The summed E-state index contributed by atoms with van der Waals surface area (Å²) >= 11 is 5.78.